The number of benzene rings is 1. The summed E-state index contributed by atoms with van der Waals surface area (Å²) < 4.78 is 22.8. The van der Waals surface area contributed by atoms with Crippen molar-refractivity contribution in [1.29, 1.82) is 0 Å². The second kappa shape index (κ2) is 7.99. The third kappa shape index (κ3) is 5.62. The quantitative estimate of drug-likeness (QED) is 0.788. The first-order chi connectivity index (χ1) is 10.5. The number of sulfone groups is 1. The number of hydrogen-bond donors (Lipinski definition) is 2. The fourth-order valence-corrected chi connectivity index (χ4v) is 5.75. The van der Waals surface area contributed by atoms with Crippen LogP contribution in [0.15, 0.2) is 24.3 Å². The largest absolute Gasteiger partial charge is 0.325 e. The van der Waals surface area contributed by atoms with E-state index in [9.17, 15) is 13.2 Å². The molecule has 0 aromatic heterocycles. The maximum atomic E-state index is 12.0. The number of carbonyl (C=O) groups is 1. The Morgan fingerprint density at radius 2 is 2.23 bits per heavy atom. The molecule has 1 aliphatic heterocycles. The van der Waals surface area contributed by atoms with Gasteiger partial charge in [-0.1, -0.05) is 19.1 Å². The van der Waals surface area contributed by atoms with Crippen LogP contribution in [0.2, 0.25) is 0 Å². The minimum absolute atomic E-state index is 0.0517. The highest BCUT2D eigenvalue weighted by molar-refractivity contribution is 8.02. The van der Waals surface area contributed by atoms with E-state index in [0.717, 1.165) is 24.3 Å². The lowest BCUT2D eigenvalue weighted by Gasteiger charge is -2.09. The number of thioether (sulfide) groups is 1. The molecule has 1 saturated heterocycles. The highest BCUT2D eigenvalue weighted by Gasteiger charge is 2.28. The Bertz CT molecular complexity index is 617. The number of anilines is 1. The highest BCUT2D eigenvalue weighted by Crippen LogP contribution is 2.24. The van der Waals surface area contributed by atoms with E-state index < -0.39 is 9.84 Å². The summed E-state index contributed by atoms with van der Waals surface area (Å²) in [5.74, 6) is 0.648. The number of carbonyl (C=O) groups excluding carboxylic acids is 1. The number of amides is 1. The molecular weight excluding hydrogens is 320 g/mol. The van der Waals surface area contributed by atoms with Gasteiger partial charge in [0.15, 0.2) is 9.84 Å². The number of nitrogens with one attached hydrogen (secondary N) is 2. The molecule has 1 aromatic carbocycles. The Balaban J connectivity index is 1.79. The van der Waals surface area contributed by atoms with Gasteiger partial charge in [0.05, 0.1) is 17.3 Å². The topological polar surface area (TPSA) is 75.3 Å². The fraction of sp³-hybridized carbons (Fsp3) is 0.533. The molecule has 0 saturated carbocycles. The van der Waals surface area contributed by atoms with Gasteiger partial charge >= 0.3 is 0 Å². The molecule has 0 radical (unpaired) electrons. The van der Waals surface area contributed by atoms with Gasteiger partial charge in [0.2, 0.25) is 5.91 Å². The Morgan fingerprint density at radius 3 is 2.91 bits per heavy atom. The van der Waals surface area contributed by atoms with Gasteiger partial charge in [-0.25, -0.2) is 8.42 Å². The van der Waals surface area contributed by atoms with E-state index >= 15 is 0 Å². The molecule has 2 rings (SSSR count). The molecule has 1 amide bonds. The lowest BCUT2D eigenvalue weighted by molar-refractivity contribution is -0.113. The molecule has 122 valence electrons. The third-order valence-corrected chi connectivity index (χ3v) is 6.71. The van der Waals surface area contributed by atoms with Gasteiger partial charge in [0.1, 0.15) is 0 Å². The summed E-state index contributed by atoms with van der Waals surface area (Å²) in [6.45, 7) is 3.72. The standard InChI is InChI=1S/C15H22N2O3S2/c1-2-16-9-12-4-3-5-13(8-12)17-15(18)10-21-14-6-7-22(19,20)11-14/h3-5,8,14,16H,2,6-7,9-11H2,1H3,(H,17,18). The molecule has 1 heterocycles. The lowest BCUT2D eigenvalue weighted by Crippen LogP contribution is -2.17. The van der Waals surface area contributed by atoms with Gasteiger partial charge in [-0.2, -0.15) is 0 Å². The lowest BCUT2D eigenvalue weighted by atomic mass is 10.2. The van der Waals surface area contributed by atoms with Crippen molar-refractivity contribution in [3.63, 3.8) is 0 Å². The van der Waals surface area contributed by atoms with E-state index in [-0.39, 0.29) is 28.4 Å². The minimum atomic E-state index is -2.88. The van der Waals surface area contributed by atoms with E-state index in [1.54, 1.807) is 0 Å². The van der Waals surface area contributed by atoms with Crippen molar-refractivity contribution in [2.24, 2.45) is 0 Å². The van der Waals surface area contributed by atoms with Gasteiger partial charge in [0, 0.05) is 17.5 Å². The molecule has 22 heavy (non-hydrogen) atoms. The van der Waals surface area contributed by atoms with Crippen LogP contribution in [0, 0.1) is 0 Å². The number of hydrogen-bond acceptors (Lipinski definition) is 5. The molecule has 5 nitrogen and oxygen atoms in total. The van der Waals surface area contributed by atoms with Crippen LogP contribution in [-0.2, 0) is 21.2 Å². The van der Waals surface area contributed by atoms with Crippen LogP contribution in [-0.4, -0.2) is 43.4 Å². The summed E-state index contributed by atoms with van der Waals surface area (Å²) in [7, 11) is -2.88. The first-order valence-corrected chi connectivity index (χ1v) is 10.3. The molecule has 1 aromatic rings. The molecule has 1 atom stereocenters. The van der Waals surface area contributed by atoms with Crippen LogP contribution >= 0.6 is 11.8 Å². The maximum absolute atomic E-state index is 12.0. The van der Waals surface area contributed by atoms with E-state index in [1.807, 2.05) is 31.2 Å². The Hall–Kier alpha value is -1.05. The molecule has 1 fully saturated rings. The third-order valence-electron chi connectivity index (χ3n) is 3.43. The van der Waals surface area contributed by atoms with Crippen LogP contribution in [0.4, 0.5) is 5.69 Å². The van der Waals surface area contributed by atoms with Crippen molar-refractivity contribution in [2.75, 3.05) is 29.1 Å². The normalized spacial score (nSPS) is 20.0. The zero-order chi connectivity index (χ0) is 16.0. The zero-order valence-corrected chi connectivity index (χ0v) is 14.3. The van der Waals surface area contributed by atoms with E-state index in [4.69, 9.17) is 0 Å². The summed E-state index contributed by atoms with van der Waals surface area (Å²) in [6.07, 6.45) is 0.651. The van der Waals surface area contributed by atoms with Crippen LogP contribution in [0.1, 0.15) is 18.9 Å². The van der Waals surface area contributed by atoms with Crippen LogP contribution < -0.4 is 10.6 Å². The summed E-state index contributed by atoms with van der Waals surface area (Å²) in [4.78, 5) is 12.0. The minimum Gasteiger partial charge on any atom is -0.325 e. The first-order valence-electron chi connectivity index (χ1n) is 7.40. The van der Waals surface area contributed by atoms with E-state index in [2.05, 4.69) is 10.6 Å². The summed E-state index contributed by atoms with van der Waals surface area (Å²) in [5.41, 5.74) is 1.90. The fourth-order valence-electron chi connectivity index (χ4n) is 2.31. The van der Waals surface area contributed by atoms with Gasteiger partial charge in [-0.05, 0) is 30.7 Å². The Labute approximate surface area is 136 Å². The van der Waals surface area contributed by atoms with Gasteiger partial charge in [-0.3, -0.25) is 4.79 Å². The molecule has 1 unspecified atom stereocenters. The summed E-state index contributed by atoms with van der Waals surface area (Å²) in [6, 6.07) is 7.73. The Morgan fingerprint density at radius 1 is 1.41 bits per heavy atom. The number of rotatable bonds is 7. The van der Waals surface area contributed by atoms with Crippen molar-refractivity contribution < 1.29 is 13.2 Å². The smallest absolute Gasteiger partial charge is 0.234 e. The van der Waals surface area contributed by atoms with Gasteiger partial charge in [0.25, 0.3) is 0 Å². The SMILES string of the molecule is CCNCc1cccc(NC(=O)CSC2CCS(=O)(=O)C2)c1. The van der Waals surface area contributed by atoms with Crippen molar-refractivity contribution in [1.82, 2.24) is 5.32 Å². The van der Waals surface area contributed by atoms with E-state index in [0.29, 0.717) is 6.42 Å². The average Bonchev–Trinajstić information content (AvgIpc) is 2.83. The van der Waals surface area contributed by atoms with Crippen LogP contribution in [0.3, 0.4) is 0 Å². The summed E-state index contributed by atoms with van der Waals surface area (Å²) in [5, 5.41) is 6.16. The van der Waals surface area contributed by atoms with Crippen molar-refractivity contribution in [2.45, 2.75) is 25.1 Å². The molecule has 0 aliphatic carbocycles. The Kier molecular flexibility index (Phi) is 6.28. The first kappa shape index (κ1) is 17.3. The van der Waals surface area contributed by atoms with E-state index in [1.165, 1.54) is 11.8 Å². The second-order valence-corrected chi connectivity index (χ2v) is 8.88. The van der Waals surface area contributed by atoms with Crippen molar-refractivity contribution in [3.05, 3.63) is 29.8 Å². The van der Waals surface area contributed by atoms with Gasteiger partial charge in [-0.15, -0.1) is 11.8 Å². The predicted molar refractivity (Wildman–Crippen MR) is 92.0 cm³/mol. The highest BCUT2D eigenvalue weighted by atomic mass is 32.2. The maximum Gasteiger partial charge on any atom is 0.234 e. The molecule has 2 N–H and O–H groups in total. The van der Waals surface area contributed by atoms with Crippen LogP contribution in [0.25, 0.3) is 0 Å². The second-order valence-electron chi connectivity index (χ2n) is 5.36. The zero-order valence-electron chi connectivity index (χ0n) is 12.7. The summed E-state index contributed by atoms with van der Waals surface area (Å²) >= 11 is 1.43. The monoisotopic (exact) mass is 342 g/mol. The molecule has 1 aliphatic rings. The molecule has 7 heteroatoms. The average molecular weight is 342 g/mol. The van der Waals surface area contributed by atoms with Crippen LogP contribution in [0.5, 0.6) is 0 Å². The molecule has 0 bridgehead atoms. The molecular formula is C15H22N2O3S2. The molecule has 0 spiro atoms. The van der Waals surface area contributed by atoms with Gasteiger partial charge < -0.3 is 10.6 Å². The van der Waals surface area contributed by atoms with Crippen molar-refractivity contribution >= 4 is 33.2 Å². The van der Waals surface area contributed by atoms with Crippen molar-refractivity contribution in [3.8, 4) is 0 Å². The predicted octanol–water partition coefficient (Wildman–Crippen LogP) is 1.65.